The molecule has 0 radical (unpaired) electrons. The van der Waals surface area contributed by atoms with E-state index in [2.05, 4.69) is 34.9 Å². The molecule has 0 amide bonds. The summed E-state index contributed by atoms with van der Waals surface area (Å²) in [6, 6.07) is 0.619. The van der Waals surface area contributed by atoms with Crippen molar-refractivity contribution >= 4 is 5.95 Å². The van der Waals surface area contributed by atoms with Crippen molar-refractivity contribution in [2.45, 2.75) is 64.5 Å². The second-order valence-corrected chi connectivity index (χ2v) is 6.00. The first kappa shape index (κ1) is 14.4. The molecule has 1 N–H and O–H groups in total. The van der Waals surface area contributed by atoms with Crippen LogP contribution in [0, 0.1) is 0 Å². The van der Waals surface area contributed by atoms with Crippen LogP contribution in [0.2, 0.25) is 0 Å². The quantitative estimate of drug-likeness (QED) is 0.854. The number of nitrogens with one attached hydrogen (secondary N) is 1. The highest BCUT2D eigenvalue weighted by Gasteiger charge is 2.21. The molecule has 2 rings (SSSR count). The fraction of sp³-hybridized carbons (Fsp3) is 0.800. The average Bonchev–Trinajstić information content (AvgIpc) is 2.86. The summed E-state index contributed by atoms with van der Waals surface area (Å²) < 4.78 is 8.02. The van der Waals surface area contributed by atoms with Crippen LogP contribution in [0.25, 0.3) is 0 Å². The third kappa shape index (κ3) is 3.96. The predicted octanol–water partition coefficient (Wildman–Crippen LogP) is 3.62. The van der Waals surface area contributed by atoms with Crippen LogP contribution in [0.1, 0.15) is 58.9 Å². The number of rotatable bonds is 6. The van der Waals surface area contributed by atoms with E-state index >= 15 is 0 Å². The Hall–Kier alpha value is -1.03. The van der Waals surface area contributed by atoms with E-state index in [-0.39, 0.29) is 5.60 Å². The van der Waals surface area contributed by atoms with Crippen LogP contribution < -0.4 is 5.32 Å². The second-order valence-electron chi connectivity index (χ2n) is 6.00. The van der Waals surface area contributed by atoms with Gasteiger partial charge in [0.05, 0.1) is 5.60 Å². The SMILES string of the molecule is CCOC(C)(C)CNc1nccn1C1CCCCC1. The lowest BCUT2D eigenvalue weighted by Crippen LogP contribution is -2.34. The molecular formula is C15H27N3O. The topological polar surface area (TPSA) is 39.1 Å². The first-order valence-electron chi connectivity index (χ1n) is 7.53. The highest BCUT2D eigenvalue weighted by molar-refractivity contribution is 5.27. The summed E-state index contributed by atoms with van der Waals surface area (Å²) in [6.07, 6.45) is 10.6. The summed E-state index contributed by atoms with van der Waals surface area (Å²) in [5.74, 6) is 0.986. The molecule has 0 aliphatic heterocycles. The van der Waals surface area contributed by atoms with Crippen molar-refractivity contribution in [1.29, 1.82) is 0 Å². The van der Waals surface area contributed by atoms with Crippen molar-refractivity contribution in [2.75, 3.05) is 18.5 Å². The van der Waals surface area contributed by atoms with E-state index in [1.165, 1.54) is 32.1 Å². The number of hydrogen-bond donors (Lipinski definition) is 1. The number of hydrogen-bond acceptors (Lipinski definition) is 3. The maximum absolute atomic E-state index is 5.71. The van der Waals surface area contributed by atoms with Gasteiger partial charge in [0.25, 0.3) is 0 Å². The lowest BCUT2D eigenvalue weighted by molar-refractivity contribution is 0.000515. The molecule has 1 aromatic heterocycles. The van der Waals surface area contributed by atoms with Gasteiger partial charge in [-0.2, -0.15) is 0 Å². The van der Waals surface area contributed by atoms with E-state index in [1.807, 2.05) is 13.1 Å². The molecule has 0 spiro atoms. The Morgan fingerprint density at radius 1 is 1.37 bits per heavy atom. The molecule has 0 saturated heterocycles. The Morgan fingerprint density at radius 2 is 2.11 bits per heavy atom. The fourth-order valence-electron chi connectivity index (χ4n) is 2.84. The minimum atomic E-state index is -0.155. The highest BCUT2D eigenvalue weighted by atomic mass is 16.5. The van der Waals surface area contributed by atoms with Crippen LogP contribution in [-0.4, -0.2) is 28.3 Å². The van der Waals surface area contributed by atoms with E-state index in [9.17, 15) is 0 Å². The van der Waals surface area contributed by atoms with Crippen molar-refractivity contribution < 1.29 is 4.74 Å². The molecule has 0 atom stereocenters. The van der Waals surface area contributed by atoms with Crippen LogP contribution in [0.3, 0.4) is 0 Å². The zero-order chi connectivity index (χ0) is 13.7. The van der Waals surface area contributed by atoms with E-state index in [0.29, 0.717) is 6.04 Å². The first-order valence-corrected chi connectivity index (χ1v) is 7.53. The average molecular weight is 265 g/mol. The Labute approximate surface area is 116 Å². The smallest absolute Gasteiger partial charge is 0.203 e. The van der Waals surface area contributed by atoms with E-state index in [4.69, 9.17) is 4.74 Å². The summed E-state index contributed by atoms with van der Waals surface area (Å²) >= 11 is 0. The Balaban J connectivity index is 1.95. The molecule has 1 fully saturated rings. The summed E-state index contributed by atoms with van der Waals surface area (Å²) in [5, 5.41) is 3.44. The zero-order valence-corrected chi connectivity index (χ0v) is 12.5. The number of aromatic nitrogens is 2. The van der Waals surface area contributed by atoms with Gasteiger partial charge in [-0.25, -0.2) is 4.98 Å². The van der Waals surface area contributed by atoms with Gasteiger partial charge in [0.2, 0.25) is 5.95 Å². The lowest BCUT2D eigenvalue weighted by Gasteiger charge is -2.28. The number of nitrogens with zero attached hydrogens (tertiary/aromatic N) is 2. The Bertz CT molecular complexity index is 380. The first-order chi connectivity index (χ1) is 9.12. The van der Waals surface area contributed by atoms with Crippen LogP contribution in [0.4, 0.5) is 5.95 Å². The standard InChI is InChI=1S/C15H27N3O/c1-4-19-15(2,3)12-17-14-16-10-11-18(14)13-8-6-5-7-9-13/h10-11,13H,4-9,12H2,1-3H3,(H,16,17). The molecule has 4 nitrogen and oxygen atoms in total. The van der Waals surface area contributed by atoms with Crippen molar-refractivity contribution in [1.82, 2.24) is 9.55 Å². The molecule has 0 aromatic carbocycles. The van der Waals surface area contributed by atoms with Crippen LogP contribution in [-0.2, 0) is 4.74 Å². The van der Waals surface area contributed by atoms with Crippen molar-refractivity contribution in [3.05, 3.63) is 12.4 Å². The van der Waals surface area contributed by atoms with E-state index in [1.54, 1.807) is 0 Å². The van der Waals surface area contributed by atoms with Gasteiger partial charge in [-0.3, -0.25) is 0 Å². The second kappa shape index (κ2) is 6.42. The fourth-order valence-corrected chi connectivity index (χ4v) is 2.84. The van der Waals surface area contributed by atoms with Gasteiger partial charge in [-0.05, 0) is 33.6 Å². The van der Waals surface area contributed by atoms with Gasteiger partial charge >= 0.3 is 0 Å². The molecule has 108 valence electrons. The monoisotopic (exact) mass is 265 g/mol. The van der Waals surface area contributed by atoms with Crippen molar-refractivity contribution in [2.24, 2.45) is 0 Å². The molecule has 1 aliphatic rings. The molecular weight excluding hydrogens is 238 g/mol. The largest absolute Gasteiger partial charge is 0.374 e. The van der Waals surface area contributed by atoms with E-state index in [0.717, 1.165) is 19.1 Å². The number of anilines is 1. The molecule has 19 heavy (non-hydrogen) atoms. The highest BCUT2D eigenvalue weighted by Crippen LogP contribution is 2.30. The Morgan fingerprint density at radius 3 is 2.79 bits per heavy atom. The Kier molecular flexibility index (Phi) is 4.86. The molecule has 0 bridgehead atoms. The molecule has 0 unspecified atom stereocenters. The summed E-state index contributed by atoms with van der Waals surface area (Å²) in [7, 11) is 0. The molecule has 4 heteroatoms. The summed E-state index contributed by atoms with van der Waals surface area (Å²) in [5.41, 5.74) is -0.155. The van der Waals surface area contributed by atoms with Crippen LogP contribution in [0.5, 0.6) is 0 Å². The van der Waals surface area contributed by atoms with Crippen molar-refractivity contribution in [3.63, 3.8) is 0 Å². The van der Waals surface area contributed by atoms with Crippen LogP contribution in [0.15, 0.2) is 12.4 Å². The van der Waals surface area contributed by atoms with Crippen LogP contribution >= 0.6 is 0 Å². The van der Waals surface area contributed by atoms with Gasteiger partial charge in [0, 0.05) is 31.6 Å². The number of ether oxygens (including phenoxy) is 1. The van der Waals surface area contributed by atoms with E-state index < -0.39 is 0 Å². The summed E-state index contributed by atoms with van der Waals surface area (Å²) in [6.45, 7) is 7.77. The van der Waals surface area contributed by atoms with Gasteiger partial charge < -0.3 is 14.6 Å². The maximum Gasteiger partial charge on any atom is 0.203 e. The molecule has 1 saturated carbocycles. The van der Waals surface area contributed by atoms with Gasteiger partial charge in [0.1, 0.15) is 0 Å². The molecule has 1 heterocycles. The zero-order valence-electron chi connectivity index (χ0n) is 12.5. The maximum atomic E-state index is 5.71. The van der Waals surface area contributed by atoms with Gasteiger partial charge in [0.15, 0.2) is 0 Å². The summed E-state index contributed by atoms with van der Waals surface area (Å²) in [4.78, 5) is 4.45. The number of imidazole rings is 1. The van der Waals surface area contributed by atoms with Crippen molar-refractivity contribution in [3.8, 4) is 0 Å². The van der Waals surface area contributed by atoms with Gasteiger partial charge in [-0.15, -0.1) is 0 Å². The normalized spacial score (nSPS) is 17.6. The third-order valence-corrected chi connectivity index (χ3v) is 3.84. The minimum absolute atomic E-state index is 0.155. The lowest BCUT2D eigenvalue weighted by atomic mass is 9.95. The minimum Gasteiger partial charge on any atom is -0.374 e. The molecule has 1 aliphatic carbocycles. The van der Waals surface area contributed by atoms with Gasteiger partial charge in [-0.1, -0.05) is 19.3 Å². The molecule has 1 aromatic rings. The third-order valence-electron chi connectivity index (χ3n) is 3.84. The predicted molar refractivity (Wildman–Crippen MR) is 78.5 cm³/mol.